The maximum atomic E-state index is 12.5. The molecule has 2 heterocycles. The zero-order valence-electron chi connectivity index (χ0n) is 14.0. The van der Waals surface area contributed by atoms with E-state index in [1.807, 2.05) is 0 Å². The molecule has 2 saturated heterocycles. The number of ether oxygens (including phenoxy) is 1. The SMILES string of the molecule is COc1cc(Br)cc(/C=C2\SC(=O)N(CC(=O)N3CCCC3)C2=O)c1O. The standard InChI is InChI=1S/C17H17BrN2O5S/c1-25-12-8-11(18)6-10(15(12)22)7-13-16(23)20(17(24)26-13)9-14(21)19-4-2-3-5-19/h6-8,22H,2-5,9H2,1H3/b13-7-. The number of benzene rings is 1. The normalized spacial score (nSPS) is 18.9. The summed E-state index contributed by atoms with van der Waals surface area (Å²) >= 11 is 4.06. The second kappa shape index (κ2) is 7.71. The number of halogens is 1. The second-order valence-electron chi connectivity index (χ2n) is 5.90. The zero-order valence-corrected chi connectivity index (χ0v) is 16.4. The van der Waals surface area contributed by atoms with Gasteiger partial charge in [0, 0.05) is 23.1 Å². The number of hydrogen-bond acceptors (Lipinski definition) is 6. The minimum Gasteiger partial charge on any atom is -0.504 e. The topological polar surface area (TPSA) is 87.2 Å². The third-order valence-electron chi connectivity index (χ3n) is 4.20. The van der Waals surface area contributed by atoms with Crippen molar-refractivity contribution in [2.24, 2.45) is 0 Å². The summed E-state index contributed by atoms with van der Waals surface area (Å²) in [6.45, 7) is 1.07. The monoisotopic (exact) mass is 440 g/mol. The summed E-state index contributed by atoms with van der Waals surface area (Å²) in [5.74, 6) is -0.645. The van der Waals surface area contributed by atoms with Crippen LogP contribution >= 0.6 is 27.7 Å². The van der Waals surface area contributed by atoms with Crippen LogP contribution in [0, 0.1) is 0 Å². The van der Waals surface area contributed by atoms with E-state index in [1.54, 1.807) is 17.0 Å². The average molecular weight is 441 g/mol. The molecule has 7 nitrogen and oxygen atoms in total. The summed E-state index contributed by atoms with van der Waals surface area (Å²) < 4.78 is 5.74. The van der Waals surface area contributed by atoms with Gasteiger partial charge < -0.3 is 14.7 Å². The van der Waals surface area contributed by atoms with Crippen molar-refractivity contribution in [2.45, 2.75) is 12.8 Å². The molecule has 0 aliphatic carbocycles. The molecule has 1 N–H and O–H groups in total. The highest BCUT2D eigenvalue weighted by Crippen LogP contribution is 2.38. The smallest absolute Gasteiger partial charge is 0.294 e. The van der Waals surface area contributed by atoms with E-state index >= 15 is 0 Å². The number of nitrogens with zero attached hydrogens (tertiary/aromatic N) is 2. The number of thioether (sulfide) groups is 1. The van der Waals surface area contributed by atoms with Gasteiger partial charge in [-0.1, -0.05) is 15.9 Å². The van der Waals surface area contributed by atoms with E-state index in [0.29, 0.717) is 23.1 Å². The van der Waals surface area contributed by atoms with Gasteiger partial charge in [0.05, 0.1) is 12.0 Å². The number of amides is 3. The van der Waals surface area contributed by atoms with Crippen LogP contribution in [0.25, 0.3) is 6.08 Å². The number of carbonyl (C=O) groups excluding carboxylic acids is 3. The van der Waals surface area contributed by atoms with Crippen molar-refractivity contribution in [3.63, 3.8) is 0 Å². The fourth-order valence-electron chi connectivity index (χ4n) is 2.84. The maximum absolute atomic E-state index is 12.5. The number of aromatic hydroxyl groups is 1. The molecule has 0 radical (unpaired) electrons. The molecule has 0 saturated carbocycles. The predicted octanol–water partition coefficient (Wildman–Crippen LogP) is 2.82. The highest BCUT2D eigenvalue weighted by molar-refractivity contribution is 9.10. The molecule has 26 heavy (non-hydrogen) atoms. The molecule has 0 unspecified atom stereocenters. The number of rotatable bonds is 4. The van der Waals surface area contributed by atoms with Crippen molar-refractivity contribution < 1.29 is 24.2 Å². The Kier molecular flexibility index (Phi) is 5.57. The van der Waals surface area contributed by atoms with Crippen LogP contribution in [-0.2, 0) is 9.59 Å². The summed E-state index contributed by atoms with van der Waals surface area (Å²) in [7, 11) is 1.42. The molecule has 138 valence electrons. The minimum absolute atomic E-state index is 0.129. The quantitative estimate of drug-likeness (QED) is 0.724. The van der Waals surface area contributed by atoms with E-state index in [1.165, 1.54) is 13.2 Å². The Balaban J connectivity index is 1.81. The van der Waals surface area contributed by atoms with Crippen molar-refractivity contribution in [1.29, 1.82) is 0 Å². The summed E-state index contributed by atoms with van der Waals surface area (Å²) in [4.78, 5) is 39.7. The lowest BCUT2D eigenvalue weighted by atomic mass is 10.1. The molecule has 0 aromatic heterocycles. The lowest BCUT2D eigenvalue weighted by Crippen LogP contribution is -2.40. The van der Waals surface area contributed by atoms with E-state index in [0.717, 1.165) is 29.5 Å². The Bertz CT molecular complexity index is 805. The van der Waals surface area contributed by atoms with Gasteiger partial charge in [-0.2, -0.15) is 0 Å². The molecule has 3 amide bonds. The number of imide groups is 1. The Morgan fingerprint density at radius 2 is 2.04 bits per heavy atom. The Labute approximate surface area is 163 Å². The van der Waals surface area contributed by atoms with Crippen molar-refractivity contribution >= 4 is 50.8 Å². The van der Waals surface area contributed by atoms with Gasteiger partial charge in [0.25, 0.3) is 11.1 Å². The third kappa shape index (κ3) is 3.73. The van der Waals surface area contributed by atoms with Gasteiger partial charge in [0.1, 0.15) is 6.54 Å². The van der Waals surface area contributed by atoms with Gasteiger partial charge in [-0.05, 0) is 42.8 Å². The van der Waals surface area contributed by atoms with E-state index in [4.69, 9.17) is 4.74 Å². The van der Waals surface area contributed by atoms with Crippen LogP contribution in [0.15, 0.2) is 21.5 Å². The van der Waals surface area contributed by atoms with Crippen molar-refractivity contribution in [3.8, 4) is 11.5 Å². The van der Waals surface area contributed by atoms with Gasteiger partial charge in [-0.3, -0.25) is 19.3 Å². The average Bonchev–Trinajstić information content (AvgIpc) is 3.22. The fraction of sp³-hybridized carbons (Fsp3) is 0.353. The molecule has 3 rings (SSSR count). The number of likely N-dealkylation sites (tertiary alicyclic amines) is 1. The Hall–Kier alpha value is -2.00. The molecule has 0 spiro atoms. The number of phenols is 1. The molecule has 9 heteroatoms. The first kappa shape index (κ1) is 18.8. The first-order valence-electron chi connectivity index (χ1n) is 8.00. The van der Waals surface area contributed by atoms with Crippen molar-refractivity contribution in [3.05, 3.63) is 27.1 Å². The lowest BCUT2D eigenvalue weighted by molar-refractivity contribution is -0.135. The summed E-state index contributed by atoms with van der Waals surface area (Å²) in [5.41, 5.74) is 0.340. The van der Waals surface area contributed by atoms with Crippen LogP contribution in [0.1, 0.15) is 18.4 Å². The van der Waals surface area contributed by atoms with Crippen LogP contribution in [0.3, 0.4) is 0 Å². The summed E-state index contributed by atoms with van der Waals surface area (Å²) in [5, 5.41) is 9.72. The molecule has 2 aliphatic heterocycles. The maximum Gasteiger partial charge on any atom is 0.294 e. The van der Waals surface area contributed by atoms with E-state index in [9.17, 15) is 19.5 Å². The largest absolute Gasteiger partial charge is 0.504 e. The number of hydrogen-bond donors (Lipinski definition) is 1. The predicted molar refractivity (Wildman–Crippen MR) is 101 cm³/mol. The molecule has 1 aromatic carbocycles. The highest BCUT2D eigenvalue weighted by Gasteiger charge is 2.37. The van der Waals surface area contributed by atoms with Gasteiger partial charge in [0.2, 0.25) is 5.91 Å². The van der Waals surface area contributed by atoms with Gasteiger partial charge >= 0.3 is 0 Å². The molecule has 0 atom stereocenters. The van der Waals surface area contributed by atoms with Crippen LogP contribution < -0.4 is 4.74 Å². The second-order valence-corrected chi connectivity index (χ2v) is 7.81. The first-order valence-corrected chi connectivity index (χ1v) is 9.61. The molecular formula is C17H17BrN2O5S. The van der Waals surface area contributed by atoms with Crippen LogP contribution in [0.5, 0.6) is 11.5 Å². The molecule has 1 aromatic rings. The first-order chi connectivity index (χ1) is 12.4. The van der Waals surface area contributed by atoms with Gasteiger partial charge in [-0.15, -0.1) is 0 Å². The van der Waals surface area contributed by atoms with Crippen molar-refractivity contribution in [1.82, 2.24) is 9.80 Å². The summed E-state index contributed by atoms with van der Waals surface area (Å²) in [6, 6.07) is 3.20. The van der Waals surface area contributed by atoms with Crippen LogP contribution in [-0.4, -0.2) is 58.7 Å². The van der Waals surface area contributed by atoms with Gasteiger partial charge in [-0.25, -0.2) is 0 Å². The Morgan fingerprint density at radius 3 is 2.69 bits per heavy atom. The van der Waals surface area contributed by atoms with E-state index in [-0.39, 0.29) is 28.9 Å². The number of phenolic OH excluding ortho intramolecular Hbond substituents is 1. The number of methoxy groups -OCH3 is 1. The Morgan fingerprint density at radius 1 is 1.35 bits per heavy atom. The van der Waals surface area contributed by atoms with E-state index < -0.39 is 11.1 Å². The minimum atomic E-state index is -0.536. The molecule has 2 aliphatic rings. The molecule has 2 fully saturated rings. The van der Waals surface area contributed by atoms with Crippen molar-refractivity contribution in [2.75, 3.05) is 26.7 Å². The van der Waals surface area contributed by atoms with E-state index in [2.05, 4.69) is 15.9 Å². The van der Waals surface area contributed by atoms with Crippen LogP contribution in [0.4, 0.5) is 4.79 Å². The fourth-order valence-corrected chi connectivity index (χ4v) is 4.12. The molecule has 0 bridgehead atoms. The zero-order chi connectivity index (χ0) is 18.8. The summed E-state index contributed by atoms with van der Waals surface area (Å²) in [6.07, 6.45) is 3.31. The number of carbonyl (C=O) groups is 3. The van der Waals surface area contributed by atoms with Gasteiger partial charge in [0.15, 0.2) is 11.5 Å². The highest BCUT2D eigenvalue weighted by atomic mass is 79.9. The van der Waals surface area contributed by atoms with Crippen LogP contribution in [0.2, 0.25) is 0 Å². The lowest BCUT2D eigenvalue weighted by Gasteiger charge is -2.18. The molecular weight excluding hydrogens is 424 g/mol. The third-order valence-corrected chi connectivity index (χ3v) is 5.57.